The highest BCUT2D eigenvalue weighted by Crippen LogP contribution is 2.32. The Hall–Kier alpha value is -0.560. The summed E-state index contributed by atoms with van der Waals surface area (Å²) in [6.07, 6.45) is 3.92. The summed E-state index contributed by atoms with van der Waals surface area (Å²) >= 11 is 1.56. The van der Waals surface area contributed by atoms with E-state index in [0.29, 0.717) is 5.75 Å². The van der Waals surface area contributed by atoms with Crippen LogP contribution in [0.3, 0.4) is 0 Å². The van der Waals surface area contributed by atoms with Crippen LogP contribution in [0.25, 0.3) is 0 Å². The number of aromatic nitrogens is 2. The molecule has 98 valence electrons. The number of aliphatic hydroxyl groups excluding tert-OH is 2. The Kier molecular flexibility index (Phi) is 5.97. The topological polar surface area (TPSA) is 84.3 Å². The van der Waals surface area contributed by atoms with Crippen LogP contribution in [0, 0.1) is 0 Å². The minimum absolute atomic E-state index is 0.0232. The molecule has 1 aromatic rings. The summed E-state index contributed by atoms with van der Waals surface area (Å²) in [6, 6.07) is 0.0232. The lowest BCUT2D eigenvalue weighted by atomic mass is 10.1. The van der Waals surface area contributed by atoms with Gasteiger partial charge in [0.2, 0.25) is 0 Å². The third-order valence-electron chi connectivity index (χ3n) is 2.59. The van der Waals surface area contributed by atoms with Crippen LogP contribution in [0.4, 0.5) is 0 Å². The first-order chi connectivity index (χ1) is 8.08. The Morgan fingerprint density at radius 2 is 2.29 bits per heavy atom. The highest BCUT2D eigenvalue weighted by molar-refractivity contribution is 7.99. The maximum absolute atomic E-state index is 9.38. The predicted octanol–water partition coefficient (Wildman–Crippen LogP) is 0.285. The van der Waals surface area contributed by atoms with E-state index in [-0.39, 0.29) is 17.9 Å². The molecule has 4 N–H and O–H groups in total. The summed E-state index contributed by atoms with van der Waals surface area (Å²) in [5.41, 5.74) is 7.15. The SMILES string of the molecule is CCC(N)C(SCC(O)CO)c1cnn(C)c1. The summed E-state index contributed by atoms with van der Waals surface area (Å²) in [7, 11) is 1.87. The quantitative estimate of drug-likeness (QED) is 0.655. The molecule has 0 saturated heterocycles. The molecule has 0 bridgehead atoms. The van der Waals surface area contributed by atoms with Crippen LogP contribution in [-0.2, 0) is 7.05 Å². The third kappa shape index (κ3) is 4.31. The third-order valence-corrected chi connectivity index (χ3v) is 4.15. The molecule has 0 aliphatic heterocycles. The van der Waals surface area contributed by atoms with E-state index in [1.54, 1.807) is 22.6 Å². The van der Waals surface area contributed by atoms with E-state index in [1.807, 2.05) is 20.2 Å². The van der Waals surface area contributed by atoms with Crippen molar-refractivity contribution in [3.05, 3.63) is 18.0 Å². The first-order valence-corrected chi connectivity index (χ1v) is 6.78. The monoisotopic (exact) mass is 259 g/mol. The van der Waals surface area contributed by atoms with Crippen molar-refractivity contribution in [2.45, 2.75) is 30.7 Å². The van der Waals surface area contributed by atoms with Crippen molar-refractivity contribution in [1.82, 2.24) is 9.78 Å². The average molecular weight is 259 g/mol. The van der Waals surface area contributed by atoms with E-state index < -0.39 is 6.10 Å². The van der Waals surface area contributed by atoms with Gasteiger partial charge in [-0.2, -0.15) is 5.10 Å². The molecule has 3 atom stereocenters. The van der Waals surface area contributed by atoms with Crippen molar-refractivity contribution < 1.29 is 10.2 Å². The minimum atomic E-state index is -0.691. The zero-order valence-corrected chi connectivity index (χ0v) is 11.1. The highest BCUT2D eigenvalue weighted by Gasteiger charge is 2.21. The fourth-order valence-electron chi connectivity index (χ4n) is 1.54. The molecular formula is C11H21N3O2S. The Morgan fingerprint density at radius 3 is 2.76 bits per heavy atom. The number of hydrogen-bond donors (Lipinski definition) is 3. The highest BCUT2D eigenvalue weighted by atomic mass is 32.2. The number of hydrogen-bond acceptors (Lipinski definition) is 5. The van der Waals surface area contributed by atoms with Gasteiger partial charge in [0.05, 0.1) is 18.9 Å². The fraction of sp³-hybridized carbons (Fsp3) is 0.727. The summed E-state index contributed by atoms with van der Waals surface area (Å²) < 4.78 is 1.74. The zero-order valence-electron chi connectivity index (χ0n) is 10.3. The molecule has 5 nitrogen and oxygen atoms in total. The van der Waals surface area contributed by atoms with Crippen molar-refractivity contribution in [3.8, 4) is 0 Å². The Balaban J connectivity index is 2.67. The van der Waals surface area contributed by atoms with Crippen LogP contribution in [-0.4, -0.2) is 44.5 Å². The van der Waals surface area contributed by atoms with Crippen LogP contribution >= 0.6 is 11.8 Å². The molecule has 0 amide bonds. The van der Waals surface area contributed by atoms with Gasteiger partial charge in [-0.25, -0.2) is 0 Å². The second-order valence-corrected chi connectivity index (χ2v) is 5.28. The Morgan fingerprint density at radius 1 is 1.59 bits per heavy atom. The van der Waals surface area contributed by atoms with E-state index in [2.05, 4.69) is 5.10 Å². The largest absolute Gasteiger partial charge is 0.394 e. The second kappa shape index (κ2) is 7.00. The van der Waals surface area contributed by atoms with Crippen molar-refractivity contribution in [2.24, 2.45) is 12.8 Å². The molecule has 0 aromatic carbocycles. The molecule has 0 saturated carbocycles. The van der Waals surface area contributed by atoms with E-state index in [1.165, 1.54) is 0 Å². The average Bonchev–Trinajstić information content (AvgIpc) is 2.75. The summed E-state index contributed by atoms with van der Waals surface area (Å²) in [5.74, 6) is 0.476. The van der Waals surface area contributed by atoms with E-state index in [0.717, 1.165) is 12.0 Å². The lowest BCUT2D eigenvalue weighted by molar-refractivity contribution is 0.113. The molecule has 17 heavy (non-hydrogen) atoms. The maximum atomic E-state index is 9.38. The lowest BCUT2D eigenvalue weighted by Gasteiger charge is -2.22. The molecule has 1 rings (SSSR count). The normalized spacial score (nSPS) is 16.8. The summed E-state index contributed by atoms with van der Waals surface area (Å²) in [4.78, 5) is 0. The van der Waals surface area contributed by atoms with Crippen LogP contribution in [0.5, 0.6) is 0 Å². The van der Waals surface area contributed by atoms with Gasteiger partial charge in [0, 0.05) is 35.9 Å². The Labute approximate surface area is 106 Å². The van der Waals surface area contributed by atoms with E-state index in [9.17, 15) is 5.11 Å². The maximum Gasteiger partial charge on any atom is 0.0861 e. The van der Waals surface area contributed by atoms with Crippen molar-refractivity contribution in [2.75, 3.05) is 12.4 Å². The van der Waals surface area contributed by atoms with Gasteiger partial charge in [0.1, 0.15) is 0 Å². The van der Waals surface area contributed by atoms with Crippen LogP contribution in [0.2, 0.25) is 0 Å². The molecule has 0 radical (unpaired) electrons. The van der Waals surface area contributed by atoms with Gasteiger partial charge in [-0.1, -0.05) is 6.92 Å². The molecule has 0 fully saturated rings. The van der Waals surface area contributed by atoms with Gasteiger partial charge in [0.15, 0.2) is 0 Å². The number of rotatable bonds is 7. The second-order valence-electron chi connectivity index (χ2n) is 4.11. The molecule has 0 spiro atoms. The van der Waals surface area contributed by atoms with Gasteiger partial charge in [-0.15, -0.1) is 11.8 Å². The van der Waals surface area contributed by atoms with Crippen molar-refractivity contribution >= 4 is 11.8 Å². The number of aliphatic hydroxyl groups is 2. The van der Waals surface area contributed by atoms with Crippen molar-refractivity contribution in [1.29, 1.82) is 0 Å². The lowest BCUT2D eigenvalue weighted by Crippen LogP contribution is -2.27. The van der Waals surface area contributed by atoms with E-state index >= 15 is 0 Å². The Bertz CT molecular complexity index is 332. The van der Waals surface area contributed by atoms with Crippen LogP contribution in [0.1, 0.15) is 24.2 Å². The summed E-state index contributed by atoms with van der Waals surface area (Å²) in [6.45, 7) is 1.82. The molecular weight excluding hydrogens is 238 g/mol. The zero-order chi connectivity index (χ0) is 12.8. The number of aryl methyl sites for hydroxylation is 1. The smallest absolute Gasteiger partial charge is 0.0861 e. The first-order valence-electron chi connectivity index (χ1n) is 5.73. The molecule has 6 heteroatoms. The van der Waals surface area contributed by atoms with Gasteiger partial charge in [0.25, 0.3) is 0 Å². The van der Waals surface area contributed by atoms with Crippen LogP contribution < -0.4 is 5.73 Å². The molecule has 1 aromatic heterocycles. The number of thioether (sulfide) groups is 1. The van der Waals surface area contributed by atoms with Gasteiger partial charge in [-0.3, -0.25) is 4.68 Å². The number of nitrogens with zero attached hydrogens (tertiary/aromatic N) is 2. The van der Waals surface area contributed by atoms with Crippen LogP contribution in [0.15, 0.2) is 12.4 Å². The fourth-order valence-corrected chi connectivity index (χ4v) is 2.82. The summed E-state index contributed by atoms with van der Waals surface area (Å²) in [5, 5.41) is 22.4. The minimum Gasteiger partial charge on any atom is -0.394 e. The van der Waals surface area contributed by atoms with Gasteiger partial charge >= 0.3 is 0 Å². The molecule has 0 aliphatic rings. The van der Waals surface area contributed by atoms with Gasteiger partial charge in [-0.05, 0) is 6.42 Å². The number of nitrogens with two attached hydrogens (primary N) is 1. The molecule has 3 unspecified atom stereocenters. The van der Waals surface area contributed by atoms with E-state index in [4.69, 9.17) is 10.8 Å². The molecule has 0 aliphatic carbocycles. The van der Waals surface area contributed by atoms with Gasteiger partial charge < -0.3 is 15.9 Å². The predicted molar refractivity (Wildman–Crippen MR) is 69.8 cm³/mol. The van der Waals surface area contributed by atoms with Crippen molar-refractivity contribution in [3.63, 3.8) is 0 Å². The first kappa shape index (κ1) is 14.5. The standard InChI is InChI=1S/C11H21N3O2S/c1-3-10(12)11(17-7-9(16)6-15)8-4-13-14(2)5-8/h4-5,9-11,15-16H,3,6-7,12H2,1-2H3. The molecule has 1 heterocycles.